The molecule has 21 heavy (non-hydrogen) atoms. The number of pyridine rings is 1. The van der Waals surface area contributed by atoms with Crippen LogP contribution in [0.4, 0.5) is 5.69 Å². The molecule has 0 spiro atoms. The van der Waals surface area contributed by atoms with Crippen LogP contribution in [0.15, 0.2) is 6.20 Å². The van der Waals surface area contributed by atoms with Crippen LogP contribution in [0.2, 0.25) is 0 Å². The van der Waals surface area contributed by atoms with E-state index in [-0.39, 0.29) is 5.56 Å². The van der Waals surface area contributed by atoms with E-state index < -0.39 is 5.97 Å². The molecule has 114 valence electrons. The Hall–Kier alpha value is -2.11. The quantitative estimate of drug-likeness (QED) is 0.800. The van der Waals surface area contributed by atoms with Crippen LogP contribution in [-0.4, -0.2) is 32.4 Å². The van der Waals surface area contributed by atoms with E-state index in [1.54, 1.807) is 4.68 Å². The Bertz CT molecular complexity index is 661. The fourth-order valence-electron chi connectivity index (χ4n) is 2.48. The van der Waals surface area contributed by atoms with E-state index in [0.717, 1.165) is 30.5 Å². The highest BCUT2D eigenvalue weighted by atomic mass is 16.4. The second-order valence-corrected chi connectivity index (χ2v) is 5.72. The van der Waals surface area contributed by atoms with Crippen molar-refractivity contribution in [1.82, 2.24) is 14.8 Å². The minimum atomic E-state index is -0.973. The van der Waals surface area contributed by atoms with Gasteiger partial charge in [0.25, 0.3) is 0 Å². The minimum absolute atomic E-state index is 0.197. The SMILES string of the molecule is Cc1nn(C)c2ncc(C(=O)O)c(NCCCC(C)C)c12. The topological polar surface area (TPSA) is 80.0 Å². The first kappa shape index (κ1) is 15.3. The molecule has 2 aromatic heterocycles. The number of hydrogen-bond acceptors (Lipinski definition) is 4. The van der Waals surface area contributed by atoms with Crippen LogP contribution in [0.3, 0.4) is 0 Å². The van der Waals surface area contributed by atoms with Crippen LogP contribution in [-0.2, 0) is 7.05 Å². The molecule has 0 aliphatic rings. The van der Waals surface area contributed by atoms with Crippen LogP contribution in [0.5, 0.6) is 0 Å². The van der Waals surface area contributed by atoms with Gasteiger partial charge >= 0.3 is 5.97 Å². The molecule has 0 saturated heterocycles. The fourth-order valence-corrected chi connectivity index (χ4v) is 2.48. The minimum Gasteiger partial charge on any atom is -0.478 e. The van der Waals surface area contributed by atoms with Crippen molar-refractivity contribution in [2.24, 2.45) is 13.0 Å². The van der Waals surface area contributed by atoms with Crippen molar-refractivity contribution in [3.8, 4) is 0 Å². The number of carboxylic acids is 1. The average Bonchev–Trinajstić information content (AvgIpc) is 2.69. The Morgan fingerprint density at radius 3 is 2.81 bits per heavy atom. The molecule has 2 rings (SSSR count). The number of carbonyl (C=O) groups is 1. The van der Waals surface area contributed by atoms with Crippen molar-refractivity contribution in [2.75, 3.05) is 11.9 Å². The number of carboxylic acid groups (broad SMARTS) is 1. The summed E-state index contributed by atoms with van der Waals surface area (Å²) in [4.78, 5) is 15.6. The van der Waals surface area contributed by atoms with Gasteiger partial charge in [-0.05, 0) is 25.7 Å². The number of aryl methyl sites for hydroxylation is 2. The zero-order valence-electron chi connectivity index (χ0n) is 13.0. The second kappa shape index (κ2) is 6.11. The van der Waals surface area contributed by atoms with Gasteiger partial charge in [0, 0.05) is 19.8 Å². The Balaban J connectivity index is 2.37. The van der Waals surface area contributed by atoms with Gasteiger partial charge in [-0.1, -0.05) is 13.8 Å². The summed E-state index contributed by atoms with van der Waals surface area (Å²) in [5, 5.41) is 17.8. The van der Waals surface area contributed by atoms with E-state index in [2.05, 4.69) is 29.2 Å². The van der Waals surface area contributed by atoms with Crippen LogP contribution >= 0.6 is 0 Å². The number of aromatic nitrogens is 3. The van der Waals surface area contributed by atoms with E-state index in [9.17, 15) is 9.90 Å². The Kier molecular flexibility index (Phi) is 4.45. The van der Waals surface area contributed by atoms with Gasteiger partial charge in [0.05, 0.1) is 16.8 Å². The summed E-state index contributed by atoms with van der Waals surface area (Å²) in [7, 11) is 1.81. The normalized spacial score (nSPS) is 11.3. The second-order valence-electron chi connectivity index (χ2n) is 5.72. The van der Waals surface area contributed by atoms with E-state index >= 15 is 0 Å². The van der Waals surface area contributed by atoms with Crippen molar-refractivity contribution in [2.45, 2.75) is 33.6 Å². The lowest BCUT2D eigenvalue weighted by molar-refractivity contribution is 0.0697. The maximum atomic E-state index is 11.4. The third kappa shape index (κ3) is 3.15. The molecule has 0 aliphatic carbocycles. The first-order valence-electron chi connectivity index (χ1n) is 7.21. The van der Waals surface area contributed by atoms with Crippen LogP contribution in [0.25, 0.3) is 11.0 Å². The molecule has 2 N–H and O–H groups in total. The number of nitrogens with one attached hydrogen (secondary N) is 1. The summed E-state index contributed by atoms with van der Waals surface area (Å²) in [5.74, 6) is -0.331. The van der Waals surface area contributed by atoms with Gasteiger partial charge in [-0.2, -0.15) is 5.10 Å². The number of nitrogens with zero attached hydrogens (tertiary/aromatic N) is 3. The first-order chi connectivity index (χ1) is 9.91. The number of hydrogen-bond donors (Lipinski definition) is 2. The highest BCUT2D eigenvalue weighted by Crippen LogP contribution is 2.28. The van der Waals surface area contributed by atoms with Gasteiger partial charge in [0.2, 0.25) is 0 Å². The van der Waals surface area contributed by atoms with E-state index in [1.807, 2.05) is 14.0 Å². The molecule has 0 radical (unpaired) electrons. The van der Waals surface area contributed by atoms with Crippen LogP contribution in [0.1, 0.15) is 42.7 Å². The maximum Gasteiger partial charge on any atom is 0.339 e. The summed E-state index contributed by atoms with van der Waals surface area (Å²) < 4.78 is 1.68. The van der Waals surface area contributed by atoms with E-state index in [1.165, 1.54) is 6.20 Å². The molecule has 0 saturated carbocycles. The molecule has 0 unspecified atom stereocenters. The molecule has 2 aromatic rings. The van der Waals surface area contributed by atoms with Crippen molar-refractivity contribution < 1.29 is 9.90 Å². The Labute approximate surface area is 124 Å². The van der Waals surface area contributed by atoms with Crippen LogP contribution < -0.4 is 5.32 Å². The number of fused-ring (bicyclic) bond motifs is 1. The molecular formula is C15H22N4O2. The predicted molar refractivity (Wildman–Crippen MR) is 82.8 cm³/mol. The first-order valence-corrected chi connectivity index (χ1v) is 7.21. The van der Waals surface area contributed by atoms with Gasteiger partial charge in [-0.15, -0.1) is 0 Å². The summed E-state index contributed by atoms with van der Waals surface area (Å²) in [6, 6.07) is 0. The molecule has 6 heteroatoms. The van der Waals surface area contributed by atoms with Crippen LogP contribution in [0, 0.1) is 12.8 Å². The third-order valence-electron chi connectivity index (χ3n) is 3.52. The number of anilines is 1. The molecule has 0 fully saturated rings. The summed E-state index contributed by atoms with van der Waals surface area (Å²) in [5.41, 5.74) is 2.31. The summed E-state index contributed by atoms with van der Waals surface area (Å²) >= 11 is 0. The molecular weight excluding hydrogens is 268 g/mol. The largest absolute Gasteiger partial charge is 0.478 e. The molecule has 0 aromatic carbocycles. The smallest absolute Gasteiger partial charge is 0.339 e. The monoisotopic (exact) mass is 290 g/mol. The molecule has 0 bridgehead atoms. The zero-order valence-corrected chi connectivity index (χ0v) is 13.0. The van der Waals surface area contributed by atoms with E-state index in [4.69, 9.17) is 0 Å². The molecule has 2 heterocycles. The summed E-state index contributed by atoms with van der Waals surface area (Å²) in [6.45, 7) is 6.97. The third-order valence-corrected chi connectivity index (χ3v) is 3.52. The molecule has 0 amide bonds. The lowest BCUT2D eigenvalue weighted by Crippen LogP contribution is -2.10. The van der Waals surface area contributed by atoms with Crippen molar-refractivity contribution in [3.63, 3.8) is 0 Å². The van der Waals surface area contributed by atoms with Crippen molar-refractivity contribution in [1.29, 1.82) is 0 Å². The van der Waals surface area contributed by atoms with Gasteiger partial charge in [-0.3, -0.25) is 4.68 Å². The summed E-state index contributed by atoms with van der Waals surface area (Å²) in [6.07, 6.45) is 3.51. The lowest BCUT2D eigenvalue weighted by Gasteiger charge is -2.12. The average molecular weight is 290 g/mol. The highest BCUT2D eigenvalue weighted by molar-refractivity contribution is 6.04. The van der Waals surface area contributed by atoms with Gasteiger partial charge in [0.15, 0.2) is 5.65 Å². The molecule has 0 aliphatic heterocycles. The standard InChI is InChI=1S/C15H22N4O2/c1-9(2)6-5-7-16-13-11(15(20)21)8-17-14-12(13)10(3)18-19(14)4/h8-9H,5-7H2,1-4H3,(H,16,17)(H,20,21). The molecule has 6 nitrogen and oxygen atoms in total. The van der Waals surface area contributed by atoms with Crippen molar-refractivity contribution >= 4 is 22.7 Å². The fraction of sp³-hybridized carbons (Fsp3) is 0.533. The van der Waals surface area contributed by atoms with Gasteiger partial charge in [-0.25, -0.2) is 9.78 Å². The molecule has 0 atom stereocenters. The maximum absolute atomic E-state index is 11.4. The zero-order chi connectivity index (χ0) is 15.6. The van der Waals surface area contributed by atoms with E-state index in [0.29, 0.717) is 17.3 Å². The van der Waals surface area contributed by atoms with Gasteiger partial charge < -0.3 is 10.4 Å². The number of rotatable bonds is 6. The van der Waals surface area contributed by atoms with Gasteiger partial charge in [0.1, 0.15) is 5.56 Å². The number of aromatic carboxylic acids is 1. The lowest BCUT2D eigenvalue weighted by atomic mass is 10.1. The Morgan fingerprint density at radius 2 is 2.19 bits per heavy atom. The Morgan fingerprint density at radius 1 is 1.48 bits per heavy atom. The highest BCUT2D eigenvalue weighted by Gasteiger charge is 2.18. The van der Waals surface area contributed by atoms with Crippen molar-refractivity contribution in [3.05, 3.63) is 17.5 Å². The predicted octanol–water partition coefficient (Wildman–Crippen LogP) is 2.82.